The SMILES string of the molecule is Cc1cc(C(O)CCc2ccnn2C)c2ccccc2n1. The Morgan fingerprint density at radius 3 is 2.81 bits per heavy atom. The van der Waals surface area contributed by atoms with Gasteiger partial charge in [0.05, 0.1) is 11.6 Å². The van der Waals surface area contributed by atoms with Gasteiger partial charge in [0.2, 0.25) is 0 Å². The quantitative estimate of drug-likeness (QED) is 0.800. The number of aromatic nitrogens is 3. The molecule has 4 nitrogen and oxygen atoms in total. The maximum Gasteiger partial charge on any atom is 0.0801 e. The summed E-state index contributed by atoms with van der Waals surface area (Å²) in [6, 6.07) is 11.9. The molecule has 4 heteroatoms. The molecule has 1 unspecified atom stereocenters. The summed E-state index contributed by atoms with van der Waals surface area (Å²) >= 11 is 0. The standard InChI is InChI=1S/C17H19N3O/c1-12-11-15(14-5-3-4-6-16(14)19-12)17(21)8-7-13-9-10-18-20(13)2/h3-6,9-11,17,21H,7-8H2,1-2H3. The maximum atomic E-state index is 10.6. The van der Waals surface area contributed by atoms with Gasteiger partial charge in [-0.25, -0.2) is 0 Å². The minimum Gasteiger partial charge on any atom is -0.388 e. The molecular weight excluding hydrogens is 262 g/mol. The topological polar surface area (TPSA) is 50.9 Å². The van der Waals surface area contributed by atoms with Gasteiger partial charge < -0.3 is 5.11 Å². The normalized spacial score (nSPS) is 12.7. The van der Waals surface area contributed by atoms with Crippen molar-refractivity contribution >= 4 is 10.9 Å². The van der Waals surface area contributed by atoms with Crippen molar-refractivity contribution in [3.63, 3.8) is 0 Å². The average Bonchev–Trinajstić information content (AvgIpc) is 2.89. The van der Waals surface area contributed by atoms with Crippen LogP contribution in [0.4, 0.5) is 0 Å². The lowest BCUT2D eigenvalue weighted by atomic mass is 9.99. The van der Waals surface area contributed by atoms with Crippen LogP contribution in [-0.4, -0.2) is 19.9 Å². The van der Waals surface area contributed by atoms with Gasteiger partial charge in [-0.1, -0.05) is 18.2 Å². The van der Waals surface area contributed by atoms with Gasteiger partial charge >= 0.3 is 0 Å². The predicted molar refractivity (Wildman–Crippen MR) is 83.0 cm³/mol. The monoisotopic (exact) mass is 281 g/mol. The summed E-state index contributed by atoms with van der Waals surface area (Å²) in [5.41, 5.74) is 3.96. The zero-order valence-corrected chi connectivity index (χ0v) is 12.3. The molecule has 0 aliphatic carbocycles. The van der Waals surface area contributed by atoms with E-state index in [2.05, 4.69) is 10.1 Å². The van der Waals surface area contributed by atoms with Crippen molar-refractivity contribution in [3.8, 4) is 0 Å². The number of fused-ring (bicyclic) bond motifs is 1. The van der Waals surface area contributed by atoms with Crippen molar-refractivity contribution in [1.82, 2.24) is 14.8 Å². The second kappa shape index (κ2) is 5.66. The van der Waals surface area contributed by atoms with E-state index in [4.69, 9.17) is 0 Å². The molecule has 1 aromatic carbocycles. The Balaban J connectivity index is 1.87. The first-order valence-electron chi connectivity index (χ1n) is 7.16. The number of benzene rings is 1. The van der Waals surface area contributed by atoms with Gasteiger partial charge in [0, 0.05) is 30.0 Å². The zero-order valence-electron chi connectivity index (χ0n) is 12.3. The van der Waals surface area contributed by atoms with Gasteiger partial charge in [-0.2, -0.15) is 5.10 Å². The third-order valence-electron chi connectivity index (χ3n) is 3.83. The van der Waals surface area contributed by atoms with E-state index in [0.29, 0.717) is 6.42 Å². The molecule has 3 aromatic rings. The first-order chi connectivity index (χ1) is 10.1. The molecule has 0 fully saturated rings. The van der Waals surface area contributed by atoms with Crippen LogP contribution in [0.15, 0.2) is 42.6 Å². The van der Waals surface area contributed by atoms with Crippen LogP contribution < -0.4 is 0 Å². The second-order valence-electron chi connectivity index (χ2n) is 5.37. The molecule has 2 aromatic heterocycles. The summed E-state index contributed by atoms with van der Waals surface area (Å²) in [6.45, 7) is 1.96. The highest BCUT2D eigenvalue weighted by Crippen LogP contribution is 2.27. The second-order valence-corrected chi connectivity index (χ2v) is 5.37. The molecule has 0 saturated carbocycles. The Hall–Kier alpha value is -2.20. The maximum absolute atomic E-state index is 10.6. The minimum atomic E-state index is -0.494. The lowest BCUT2D eigenvalue weighted by Crippen LogP contribution is -2.05. The third kappa shape index (κ3) is 2.81. The molecule has 0 spiro atoms. The number of rotatable bonds is 4. The summed E-state index contributed by atoms with van der Waals surface area (Å²) in [5, 5.41) is 15.8. The summed E-state index contributed by atoms with van der Waals surface area (Å²) in [5.74, 6) is 0. The summed E-state index contributed by atoms with van der Waals surface area (Å²) in [7, 11) is 1.92. The Kier molecular flexibility index (Phi) is 3.71. The van der Waals surface area contributed by atoms with Crippen LogP contribution in [0.3, 0.4) is 0 Å². The molecule has 0 aliphatic rings. The highest BCUT2D eigenvalue weighted by molar-refractivity contribution is 5.82. The molecule has 0 saturated heterocycles. The van der Waals surface area contributed by atoms with Gasteiger partial charge in [-0.15, -0.1) is 0 Å². The van der Waals surface area contributed by atoms with Crippen LogP contribution in [0.25, 0.3) is 10.9 Å². The molecule has 0 radical (unpaired) electrons. The first kappa shape index (κ1) is 13.8. The summed E-state index contributed by atoms with van der Waals surface area (Å²) in [6.07, 6.45) is 2.76. The highest BCUT2D eigenvalue weighted by atomic mass is 16.3. The fraction of sp³-hybridized carbons (Fsp3) is 0.294. The number of hydrogen-bond acceptors (Lipinski definition) is 3. The Morgan fingerprint density at radius 1 is 1.24 bits per heavy atom. The smallest absolute Gasteiger partial charge is 0.0801 e. The fourth-order valence-corrected chi connectivity index (χ4v) is 2.70. The third-order valence-corrected chi connectivity index (χ3v) is 3.83. The van der Waals surface area contributed by atoms with E-state index in [9.17, 15) is 5.11 Å². The van der Waals surface area contributed by atoms with E-state index in [1.165, 1.54) is 0 Å². The molecule has 0 aliphatic heterocycles. The van der Waals surface area contributed by atoms with Crippen molar-refractivity contribution in [2.45, 2.75) is 25.9 Å². The van der Waals surface area contributed by atoms with Gasteiger partial charge in [0.1, 0.15) is 0 Å². The van der Waals surface area contributed by atoms with E-state index < -0.39 is 6.10 Å². The molecule has 21 heavy (non-hydrogen) atoms. The van der Waals surface area contributed by atoms with Crippen molar-refractivity contribution in [2.24, 2.45) is 7.05 Å². The van der Waals surface area contributed by atoms with Crippen LogP contribution >= 0.6 is 0 Å². The zero-order chi connectivity index (χ0) is 14.8. The minimum absolute atomic E-state index is 0.494. The Bertz CT molecular complexity index is 764. The van der Waals surface area contributed by atoms with Crippen molar-refractivity contribution in [1.29, 1.82) is 0 Å². The molecule has 2 heterocycles. The van der Waals surface area contributed by atoms with Gasteiger partial charge in [-0.3, -0.25) is 9.67 Å². The van der Waals surface area contributed by atoms with Crippen molar-refractivity contribution in [2.75, 3.05) is 0 Å². The Labute approximate surface area is 124 Å². The van der Waals surface area contributed by atoms with E-state index in [0.717, 1.165) is 34.3 Å². The van der Waals surface area contributed by atoms with Crippen LogP contribution in [0, 0.1) is 6.92 Å². The van der Waals surface area contributed by atoms with E-state index in [-0.39, 0.29) is 0 Å². The number of aliphatic hydroxyl groups is 1. The molecule has 1 N–H and O–H groups in total. The molecule has 3 rings (SSSR count). The lowest BCUT2D eigenvalue weighted by Gasteiger charge is -2.14. The van der Waals surface area contributed by atoms with E-state index in [1.54, 1.807) is 6.20 Å². The molecular formula is C17H19N3O. The molecule has 0 bridgehead atoms. The lowest BCUT2D eigenvalue weighted by molar-refractivity contribution is 0.168. The van der Waals surface area contributed by atoms with Gasteiger partial charge in [0.15, 0.2) is 0 Å². The molecule has 108 valence electrons. The number of aliphatic hydroxyl groups excluding tert-OH is 1. The number of pyridine rings is 1. The van der Waals surface area contributed by atoms with Crippen LogP contribution in [0.2, 0.25) is 0 Å². The number of hydrogen-bond donors (Lipinski definition) is 1. The Morgan fingerprint density at radius 2 is 2.05 bits per heavy atom. The van der Waals surface area contributed by atoms with Gasteiger partial charge in [0.25, 0.3) is 0 Å². The number of para-hydroxylation sites is 1. The van der Waals surface area contributed by atoms with E-state index in [1.807, 2.05) is 55.1 Å². The van der Waals surface area contributed by atoms with E-state index >= 15 is 0 Å². The summed E-state index contributed by atoms with van der Waals surface area (Å²) < 4.78 is 1.85. The van der Waals surface area contributed by atoms with Gasteiger partial charge in [-0.05, 0) is 43.5 Å². The summed E-state index contributed by atoms with van der Waals surface area (Å²) in [4.78, 5) is 4.52. The van der Waals surface area contributed by atoms with Crippen molar-refractivity contribution in [3.05, 3.63) is 59.5 Å². The van der Waals surface area contributed by atoms with Crippen LogP contribution in [0.1, 0.15) is 29.5 Å². The van der Waals surface area contributed by atoms with Crippen LogP contribution in [-0.2, 0) is 13.5 Å². The molecule has 0 amide bonds. The predicted octanol–water partition coefficient (Wildman–Crippen LogP) is 2.94. The van der Waals surface area contributed by atoms with Crippen LogP contribution in [0.5, 0.6) is 0 Å². The molecule has 1 atom stereocenters. The highest BCUT2D eigenvalue weighted by Gasteiger charge is 2.13. The van der Waals surface area contributed by atoms with Crippen molar-refractivity contribution < 1.29 is 5.11 Å². The first-order valence-corrected chi connectivity index (χ1v) is 7.16. The number of nitrogens with zero attached hydrogens (tertiary/aromatic N) is 3. The number of aryl methyl sites for hydroxylation is 3. The largest absolute Gasteiger partial charge is 0.388 e. The fourth-order valence-electron chi connectivity index (χ4n) is 2.70. The average molecular weight is 281 g/mol.